The number of imidazole rings is 1. The molecule has 106 valence electrons. The lowest BCUT2D eigenvalue weighted by Gasteiger charge is -2.16. The summed E-state index contributed by atoms with van der Waals surface area (Å²) in [6.07, 6.45) is 2.85. The topological polar surface area (TPSA) is 49.6 Å². The molecule has 0 spiro atoms. The molecule has 1 N–H and O–H groups in total. The van der Waals surface area contributed by atoms with Gasteiger partial charge >= 0.3 is 0 Å². The van der Waals surface area contributed by atoms with E-state index < -0.39 is 0 Å². The minimum atomic E-state index is -0.0349. The van der Waals surface area contributed by atoms with Crippen LogP contribution in [0.3, 0.4) is 0 Å². The zero-order valence-electron chi connectivity index (χ0n) is 11.3. The number of amides is 1. The van der Waals surface area contributed by atoms with E-state index >= 15 is 0 Å². The summed E-state index contributed by atoms with van der Waals surface area (Å²) in [4.78, 5) is 18.7. The standard InChI is InChI=1S/C14H17ClN4O/c1-16-8-10-5-7-18(9-10)14(20)12-13(15)17-11-4-2-3-6-19(11)12/h2-4,6,10,16H,5,7-9H2,1H3/t10-/m0/s1. The van der Waals surface area contributed by atoms with Crippen molar-refractivity contribution < 1.29 is 4.79 Å². The predicted molar refractivity (Wildman–Crippen MR) is 78.1 cm³/mol. The van der Waals surface area contributed by atoms with Gasteiger partial charge in [0.15, 0.2) is 10.8 Å². The first-order chi connectivity index (χ1) is 9.70. The van der Waals surface area contributed by atoms with Gasteiger partial charge in [-0.2, -0.15) is 0 Å². The lowest BCUT2D eigenvalue weighted by molar-refractivity contribution is 0.0780. The van der Waals surface area contributed by atoms with Gasteiger partial charge in [0.2, 0.25) is 0 Å². The molecule has 0 saturated carbocycles. The number of nitrogens with one attached hydrogen (secondary N) is 1. The quantitative estimate of drug-likeness (QED) is 0.936. The van der Waals surface area contributed by atoms with Gasteiger partial charge in [-0.05, 0) is 38.1 Å². The van der Waals surface area contributed by atoms with E-state index in [1.807, 2.05) is 36.3 Å². The fourth-order valence-electron chi connectivity index (χ4n) is 2.78. The Morgan fingerprint density at radius 2 is 2.40 bits per heavy atom. The monoisotopic (exact) mass is 292 g/mol. The van der Waals surface area contributed by atoms with Crippen LogP contribution in [0.15, 0.2) is 24.4 Å². The van der Waals surface area contributed by atoms with E-state index in [1.165, 1.54) is 0 Å². The van der Waals surface area contributed by atoms with Gasteiger partial charge in [-0.3, -0.25) is 9.20 Å². The molecule has 1 fully saturated rings. The number of fused-ring (bicyclic) bond motifs is 1. The molecule has 6 heteroatoms. The van der Waals surface area contributed by atoms with Crippen molar-refractivity contribution in [2.75, 3.05) is 26.7 Å². The van der Waals surface area contributed by atoms with Gasteiger partial charge in [-0.15, -0.1) is 0 Å². The number of carbonyl (C=O) groups is 1. The van der Waals surface area contributed by atoms with Crippen molar-refractivity contribution in [2.45, 2.75) is 6.42 Å². The first-order valence-electron chi connectivity index (χ1n) is 6.77. The molecule has 1 amide bonds. The van der Waals surface area contributed by atoms with Crippen LogP contribution in [0.5, 0.6) is 0 Å². The molecule has 0 bridgehead atoms. The summed E-state index contributed by atoms with van der Waals surface area (Å²) in [7, 11) is 1.94. The van der Waals surface area contributed by atoms with Crippen molar-refractivity contribution in [1.82, 2.24) is 19.6 Å². The van der Waals surface area contributed by atoms with Crippen LogP contribution in [0.25, 0.3) is 5.65 Å². The maximum absolute atomic E-state index is 12.7. The lowest BCUT2D eigenvalue weighted by Crippen LogP contribution is -2.31. The van der Waals surface area contributed by atoms with Crippen molar-refractivity contribution in [3.8, 4) is 0 Å². The average Bonchev–Trinajstić information content (AvgIpc) is 3.02. The van der Waals surface area contributed by atoms with Crippen molar-refractivity contribution in [2.24, 2.45) is 5.92 Å². The Kier molecular flexibility index (Phi) is 3.63. The van der Waals surface area contributed by atoms with E-state index in [4.69, 9.17) is 11.6 Å². The van der Waals surface area contributed by atoms with Gasteiger partial charge in [0.25, 0.3) is 5.91 Å². The maximum Gasteiger partial charge on any atom is 0.274 e. The molecule has 3 rings (SSSR count). The number of rotatable bonds is 3. The van der Waals surface area contributed by atoms with Crippen molar-refractivity contribution in [3.63, 3.8) is 0 Å². The Balaban J connectivity index is 1.88. The minimum absolute atomic E-state index is 0.0349. The molecule has 1 aliphatic heterocycles. The molecule has 0 unspecified atom stereocenters. The summed E-state index contributed by atoms with van der Waals surface area (Å²) < 4.78 is 1.76. The summed E-state index contributed by atoms with van der Waals surface area (Å²) in [6, 6.07) is 5.59. The van der Waals surface area contributed by atoms with Crippen molar-refractivity contribution >= 4 is 23.2 Å². The van der Waals surface area contributed by atoms with E-state index in [2.05, 4.69) is 10.3 Å². The van der Waals surface area contributed by atoms with Gasteiger partial charge in [-0.25, -0.2) is 4.98 Å². The molecular formula is C14H17ClN4O. The third-order valence-corrected chi connectivity index (χ3v) is 4.02. The average molecular weight is 293 g/mol. The summed E-state index contributed by atoms with van der Waals surface area (Å²) in [6.45, 7) is 2.49. The number of likely N-dealkylation sites (tertiary alicyclic amines) is 1. The zero-order valence-corrected chi connectivity index (χ0v) is 12.1. The molecule has 1 aliphatic rings. The molecule has 2 aromatic rings. The molecular weight excluding hydrogens is 276 g/mol. The van der Waals surface area contributed by atoms with E-state index in [0.29, 0.717) is 17.3 Å². The van der Waals surface area contributed by atoms with E-state index in [1.54, 1.807) is 4.40 Å². The Morgan fingerprint density at radius 3 is 3.20 bits per heavy atom. The van der Waals surface area contributed by atoms with Crippen molar-refractivity contribution in [3.05, 3.63) is 35.2 Å². The first kappa shape index (κ1) is 13.4. The zero-order chi connectivity index (χ0) is 14.1. The van der Waals surface area contributed by atoms with Crippen LogP contribution in [0.2, 0.25) is 5.15 Å². The SMILES string of the molecule is CNC[C@@H]1CCN(C(=O)c2c(Cl)nc3ccccn23)C1. The van der Waals surface area contributed by atoms with Gasteiger partial charge < -0.3 is 10.2 Å². The molecule has 20 heavy (non-hydrogen) atoms. The number of carbonyl (C=O) groups excluding carboxylic acids is 1. The number of hydrogen-bond donors (Lipinski definition) is 1. The molecule has 1 saturated heterocycles. The number of nitrogens with zero attached hydrogens (tertiary/aromatic N) is 3. The van der Waals surface area contributed by atoms with Crippen LogP contribution in [0.1, 0.15) is 16.9 Å². The van der Waals surface area contributed by atoms with E-state index in [0.717, 1.165) is 26.1 Å². The summed E-state index contributed by atoms with van der Waals surface area (Å²) in [5.41, 5.74) is 1.17. The second-order valence-corrected chi connectivity index (χ2v) is 5.50. The summed E-state index contributed by atoms with van der Waals surface area (Å²) >= 11 is 6.15. The number of hydrogen-bond acceptors (Lipinski definition) is 3. The van der Waals surface area contributed by atoms with E-state index in [9.17, 15) is 4.79 Å². The van der Waals surface area contributed by atoms with Crippen LogP contribution in [0, 0.1) is 5.92 Å². The maximum atomic E-state index is 12.7. The highest BCUT2D eigenvalue weighted by molar-refractivity contribution is 6.32. The normalized spacial score (nSPS) is 18.9. The third kappa shape index (κ3) is 2.27. The van der Waals surface area contributed by atoms with E-state index in [-0.39, 0.29) is 11.1 Å². The van der Waals surface area contributed by atoms with Gasteiger partial charge in [-0.1, -0.05) is 17.7 Å². The molecule has 3 heterocycles. The first-order valence-corrected chi connectivity index (χ1v) is 7.15. The molecule has 0 aliphatic carbocycles. The second-order valence-electron chi connectivity index (χ2n) is 5.14. The fraction of sp³-hybridized carbons (Fsp3) is 0.429. The van der Waals surface area contributed by atoms with Crippen LogP contribution in [0.4, 0.5) is 0 Å². The largest absolute Gasteiger partial charge is 0.337 e. The van der Waals surface area contributed by atoms with Crippen molar-refractivity contribution in [1.29, 1.82) is 0 Å². The Bertz CT molecular complexity index is 639. The van der Waals surface area contributed by atoms with Crippen LogP contribution in [-0.2, 0) is 0 Å². The summed E-state index contributed by atoms with van der Waals surface area (Å²) in [5, 5.41) is 3.44. The molecule has 0 aromatic carbocycles. The highest BCUT2D eigenvalue weighted by Crippen LogP contribution is 2.23. The highest BCUT2D eigenvalue weighted by Gasteiger charge is 2.29. The van der Waals surface area contributed by atoms with Crippen LogP contribution in [-0.4, -0.2) is 46.9 Å². The molecule has 1 atom stereocenters. The van der Waals surface area contributed by atoms with Gasteiger partial charge in [0.1, 0.15) is 5.65 Å². The van der Waals surface area contributed by atoms with Crippen LogP contribution >= 0.6 is 11.6 Å². The number of aromatic nitrogens is 2. The van der Waals surface area contributed by atoms with Gasteiger partial charge in [0, 0.05) is 19.3 Å². The Morgan fingerprint density at radius 1 is 1.55 bits per heavy atom. The molecule has 5 nitrogen and oxygen atoms in total. The minimum Gasteiger partial charge on any atom is -0.337 e. The predicted octanol–water partition coefficient (Wildman–Crippen LogP) is 1.67. The second kappa shape index (κ2) is 5.42. The fourth-order valence-corrected chi connectivity index (χ4v) is 3.04. The number of pyridine rings is 1. The third-order valence-electron chi connectivity index (χ3n) is 3.76. The smallest absolute Gasteiger partial charge is 0.274 e. The Labute approximate surface area is 122 Å². The number of halogens is 1. The summed E-state index contributed by atoms with van der Waals surface area (Å²) in [5.74, 6) is 0.481. The highest BCUT2D eigenvalue weighted by atomic mass is 35.5. The Hall–Kier alpha value is -1.59. The molecule has 0 radical (unpaired) electrons. The van der Waals surface area contributed by atoms with Crippen LogP contribution < -0.4 is 5.32 Å². The molecule has 2 aromatic heterocycles. The lowest BCUT2D eigenvalue weighted by atomic mass is 10.1. The van der Waals surface area contributed by atoms with Gasteiger partial charge in [0.05, 0.1) is 0 Å².